The van der Waals surface area contributed by atoms with E-state index in [4.69, 9.17) is 14.9 Å². The number of anilines is 1. The Bertz CT molecular complexity index is 1570. The van der Waals surface area contributed by atoms with Crippen molar-refractivity contribution < 1.29 is 13.9 Å². The van der Waals surface area contributed by atoms with Gasteiger partial charge >= 0.3 is 0 Å². The molecule has 2 heterocycles. The highest BCUT2D eigenvalue weighted by Crippen LogP contribution is 2.28. The molecule has 0 fully saturated rings. The molecular weight excluding hydrogens is 446 g/mol. The summed E-state index contributed by atoms with van der Waals surface area (Å²) in [6.45, 7) is 0. The van der Waals surface area contributed by atoms with Gasteiger partial charge in [-0.25, -0.2) is 0 Å². The summed E-state index contributed by atoms with van der Waals surface area (Å²) in [5, 5.41) is 13.6. The molecule has 9 nitrogen and oxygen atoms in total. The van der Waals surface area contributed by atoms with Crippen molar-refractivity contribution in [1.82, 2.24) is 20.6 Å². The topological polar surface area (TPSA) is 137 Å². The monoisotopic (exact) mass is 465 g/mol. The molecule has 3 N–H and O–H groups in total. The Morgan fingerprint density at radius 3 is 2.57 bits per heavy atom. The number of rotatable bonds is 7. The van der Waals surface area contributed by atoms with Gasteiger partial charge in [0.25, 0.3) is 0 Å². The van der Waals surface area contributed by atoms with Gasteiger partial charge in [-0.05, 0) is 59.7 Å². The largest absolute Gasteiger partial charge is 0.465 e. The second kappa shape index (κ2) is 9.44. The normalized spacial score (nSPS) is 11.2. The lowest BCUT2D eigenvalue weighted by atomic mass is 10.0. The number of hydrogen-bond donors (Lipinski definition) is 2. The van der Waals surface area contributed by atoms with Crippen LogP contribution in [0.15, 0.2) is 94.3 Å². The molecule has 0 aliphatic heterocycles. The molecule has 0 bridgehead atoms. The Labute approximate surface area is 198 Å². The third kappa shape index (κ3) is 4.42. The Hall–Kier alpha value is -5.05. The molecule has 0 aliphatic rings. The van der Waals surface area contributed by atoms with E-state index in [-0.39, 0.29) is 39.6 Å². The highest BCUT2D eigenvalue weighted by atomic mass is 16.5. The highest BCUT2D eigenvalue weighted by molar-refractivity contribution is 6.15. The average Bonchev–Trinajstić information content (AvgIpc) is 3.44. The Morgan fingerprint density at radius 1 is 1.03 bits per heavy atom. The summed E-state index contributed by atoms with van der Waals surface area (Å²) >= 11 is 0. The van der Waals surface area contributed by atoms with Crippen molar-refractivity contribution >= 4 is 22.4 Å². The quantitative estimate of drug-likeness (QED) is 0.273. The maximum absolute atomic E-state index is 13.3. The molecule has 172 valence electrons. The van der Waals surface area contributed by atoms with E-state index < -0.39 is 5.43 Å². The number of nitrogens with one attached hydrogen (secondary N) is 1. The van der Waals surface area contributed by atoms with Crippen LogP contribution in [0.1, 0.15) is 21.5 Å². The zero-order chi connectivity index (χ0) is 24.2. The molecule has 5 aromatic rings. The molecule has 0 saturated carbocycles. The molecule has 5 rings (SSSR count). The summed E-state index contributed by atoms with van der Waals surface area (Å²) in [5.74, 6) is 0.226. The SMILES string of the molecule is Nc1c(-c2nn[nH]n2)oc2c(C(=O)c3ccc(O/C=C/Cc4ccccc4)cc3)cccc2c1=O. The first-order valence-corrected chi connectivity index (χ1v) is 10.7. The van der Waals surface area contributed by atoms with Crippen molar-refractivity contribution in [1.29, 1.82) is 0 Å². The minimum Gasteiger partial charge on any atom is -0.465 e. The fourth-order valence-corrected chi connectivity index (χ4v) is 3.60. The molecule has 0 saturated heterocycles. The van der Waals surface area contributed by atoms with Gasteiger partial charge in [0, 0.05) is 5.56 Å². The number of nitrogens with two attached hydrogens (primary N) is 1. The molecule has 0 amide bonds. The summed E-state index contributed by atoms with van der Waals surface area (Å²) in [7, 11) is 0. The Balaban J connectivity index is 1.39. The van der Waals surface area contributed by atoms with Crippen LogP contribution in [0.3, 0.4) is 0 Å². The van der Waals surface area contributed by atoms with Gasteiger partial charge in [-0.1, -0.05) is 36.4 Å². The van der Waals surface area contributed by atoms with E-state index in [2.05, 4.69) is 20.6 Å². The van der Waals surface area contributed by atoms with Crippen LogP contribution in [0.4, 0.5) is 5.69 Å². The highest BCUT2D eigenvalue weighted by Gasteiger charge is 2.21. The third-order valence-corrected chi connectivity index (χ3v) is 5.36. The molecule has 9 heteroatoms. The first-order valence-electron chi connectivity index (χ1n) is 10.7. The number of fused-ring (bicyclic) bond motifs is 1. The second-order valence-corrected chi connectivity index (χ2v) is 7.62. The van der Waals surface area contributed by atoms with Gasteiger partial charge < -0.3 is 14.9 Å². The number of nitrogen functional groups attached to an aromatic ring is 1. The van der Waals surface area contributed by atoms with Gasteiger partial charge in [-0.2, -0.15) is 5.21 Å². The van der Waals surface area contributed by atoms with Crippen molar-refractivity contribution in [2.75, 3.05) is 5.73 Å². The predicted molar refractivity (Wildman–Crippen MR) is 130 cm³/mol. The van der Waals surface area contributed by atoms with Crippen LogP contribution < -0.4 is 15.9 Å². The number of benzene rings is 3. The number of tetrazole rings is 1. The van der Waals surface area contributed by atoms with Crippen molar-refractivity contribution in [3.63, 3.8) is 0 Å². The first kappa shape index (κ1) is 21.8. The molecule has 0 atom stereocenters. The van der Waals surface area contributed by atoms with E-state index in [0.717, 1.165) is 6.42 Å². The number of allylic oxidation sites excluding steroid dienone is 1. The Morgan fingerprint density at radius 2 is 1.83 bits per heavy atom. The number of nitrogens with zero attached hydrogens (tertiary/aromatic N) is 3. The van der Waals surface area contributed by atoms with Gasteiger partial charge in [0.05, 0.1) is 17.2 Å². The summed E-state index contributed by atoms with van der Waals surface area (Å²) in [4.78, 5) is 26.1. The summed E-state index contributed by atoms with van der Waals surface area (Å²) in [6.07, 6.45) is 4.28. The molecule has 0 aliphatic carbocycles. The Kier molecular flexibility index (Phi) is 5.87. The minimum atomic E-state index is -0.480. The molecule has 0 radical (unpaired) electrons. The van der Waals surface area contributed by atoms with Crippen molar-refractivity contribution in [2.24, 2.45) is 0 Å². The standard InChI is InChI=1S/C26H19N5O4/c27-21-23(33)20-10-4-9-19(24(20)35-25(21)26-28-30-31-29-26)22(32)17-11-13-18(14-12-17)34-15-5-8-16-6-2-1-3-7-16/h1-7,9-15H,8,27H2,(H,28,29,30,31)/b15-5+. The molecule has 35 heavy (non-hydrogen) atoms. The number of H-pyrrole nitrogens is 1. The smallest absolute Gasteiger partial charge is 0.242 e. The van der Waals surface area contributed by atoms with Crippen LogP contribution in [0.5, 0.6) is 5.75 Å². The number of carbonyl (C=O) groups excluding carboxylic acids is 1. The summed E-state index contributed by atoms with van der Waals surface area (Å²) in [6, 6.07) is 21.5. The molecule has 3 aromatic carbocycles. The molecule has 2 aromatic heterocycles. The predicted octanol–water partition coefficient (Wildman–Crippen LogP) is 3.92. The van der Waals surface area contributed by atoms with E-state index in [0.29, 0.717) is 11.3 Å². The van der Waals surface area contributed by atoms with Crippen LogP contribution >= 0.6 is 0 Å². The van der Waals surface area contributed by atoms with Crippen LogP contribution in [0.2, 0.25) is 0 Å². The number of para-hydroxylation sites is 1. The fraction of sp³-hybridized carbons (Fsp3) is 0.0385. The van der Waals surface area contributed by atoms with Crippen LogP contribution in [-0.2, 0) is 6.42 Å². The van der Waals surface area contributed by atoms with Crippen molar-refractivity contribution in [3.8, 4) is 17.3 Å². The lowest BCUT2D eigenvalue weighted by Crippen LogP contribution is -2.12. The van der Waals surface area contributed by atoms with E-state index in [1.165, 1.54) is 5.56 Å². The van der Waals surface area contributed by atoms with E-state index in [1.807, 2.05) is 36.4 Å². The zero-order valence-corrected chi connectivity index (χ0v) is 18.3. The second-order valence-electron chi connectivity index (χ2n) is 7.62. The summed E-state index contributed by atoms with van der Waals surface area (Å²) < 4.78 is 11.5. The maximum atomic E-state index is 13.3. The third-order valence-electron chi connectivity index (χ3n) is 5.36. The fourth-order valence-electron chi connectivity index (χ4n) is 3.60. The molecule has 0 spiro atoms. The zero-order valence-electron chi connectivity index (χ0n) is 18.3. The number of aromatic nitrogens is 4. The van der Waals surface area contributed by atoms with Gasteiger partial charge in [-0.3, -0.25) is 9.59 Å². The molecule has 0 unspecified atom stereocenters. The van der Waals surface area contributed by atoms with E-state index in [9.17, 15) is 9.59 Å². The number of ketones is 1. The number of ether oxygens (including phenoxy) is 1. The number of aromatic amines is 1. The lowest BCUT2D eigenvalue weighted by molar-refractivity contribution is 0.103. The number of carbonyl (C=O) groups is 1. The lowest BCUT2D eigenvalue weighted by Gasteiger charge is -2.08. The minimum absolute atomic E-state index is 0.0190. The van der Waals surface area contributed by atoms with Gasteiger partial charge in [-0.15, -0.1) is 10.2 Å². The molecular formula is C26H19N5O4. The van der Waals surface area contributed by atoms with Crippen LogP contribution in [0, 0.1) is 0 Å². The van der Waals surface area contributed by atoms with Gasteiger partial charge in [0.15, 0.2) is 5.78 Å². The number of hydrogen-bond acceptors (Lipinski definition) is 8. The average molecular weight is 465 g/mol. The van der Waals surface area contributed by atoms with Gasteiger partial charge in [0.2, 0.25) is 17.0 Å². The first-order chi connectivity index (χ1) is 17.1. The summed E-state index contributed by atoms with van der Waals surface area (Å²) in [5.41, 5.74) is 7.19. The van der Waals surface area contributed by atoms with Crippen LogP contribution in [-0.4, -0.2) is 26.4 Å². The van der Waals surface area contributed by atoms with Crippen LogP contribution in [0.25, 0.3) is 22.6 Å². The van der Waals surface area contributed by atoms with Gasteiger partial charge in [0.1, 0.15) is 17.0 Å². The van der Waals surface area contributed by atoms with Crippen molar-refractivity contribution in [3.05, 3.63) is 112 Å². The van der Waals surface area contributed by atoms with E-state index >= 15 is 0 Å². The maximum Gasteiger partial charge on any atom is 0.242 e. The van der Waals surface area contributed by atoms with Crippen molar-refractivity contribution in [2.45, 2.75) is 6.42 Å². The van der Waals surface area contributed by atoms with E-state index in [1.54, 1.807) is 48.7 Å².